The molecule has 2 amide bonds. The summed E-state index contributed by atoms with van der Waals surface area (Å²) in [5.74, 6) is -0.245. The number of amides is 2. The molecule has 0 aromatic carbocycles. The maximum atomic E-state index is 13.8. The van der Waals surface area contributed by atoms with Crippen molar-refractivity contribution in [3.05, 3.63) is 22.6 Å². The lowest BCUT2D eigenvalue weighted by atomic mass is 9.72. The van der Waals surface area contributed by atoms with Crippen LogP contribution in [0.5, 0.6) is 0 Å². The molecule has 0 saturated carbocycles. The minimum Gasteiger partial charge on any atom is -0.444 e. The predicted octanol–water partition coefficient (Wildman–Crippen LogP) is 4.51. The van der Waals surface area contributed by atoms with Crippen LogP contribution in [-0.2, 0) is 10.9 Å². The van der Waals surface area contributed by atoms with E-state index in [1.54, 1.807) is 4.90 Å². The van der Waals surface area contributed by atoms with Gasteiger partial charge in [-0.1, -0.05) is 0 Å². The van der Waals surface area contributed by atoms with Crippen LogP contribution in [-0.4, -0.2) is 60.7 Å². The Balaban J connectivity index is 1.52. The number of halogens is 3. The van der Waals surface area contributed by atoms with Crippen molar-refractivity contribution in [1.82, 2.24) is 15.2 Å². The zero-order valence-corrected chi connectivity index (χ0v) is 19.8. The van der Waals surface area contributed by atoms with Crippen LogP contribution < -0.4 is 10.2 Å². The lowest BCUT2D eigenvalue weighted by molar-refractivity contribution is -0.136. The van der Waals surface area contributed by atoms with Gasteiger partial charge in [0.15, 0.2) is 0 Å². The zero-order chi connectivity index (χ0) is 24.2. The van der Waals surface area contributed by atoms with E-state index < -0.39 is 23.2 Å². The number of nitrogens with one attached hydrogen (secondary N) is 1. The first-order valence-corrected chi connectivity index (χ1v) is 11.6. The van der Waals surface area contributed by atoms with Crippen LogP contribution in [0.2, 0.25) is 0 Å². The number of carbonyl (C=O) groups excluding carboxylic acids is 2. The van der Waals surface area contributed by atoms with Gasteiger partial charge in [0, 0.05) is 44.0 Å². The van der Waals surface area contributed by atoms with Gasteiger partial charge in [-0.25, -0.2) is 9.78 Å². The van der Waals surface area contributed by atoms with E-state index in [1.165, 1.54) is 12.4 Å². The van der Waals surface area contributed by atoms with Crippen LogP contribution in [0.15, 0.2) is 11.4 Å². The van der Waals surface area contributed by atoms with E-state index in [0.29, 0.717) is 26.2 Å². The van der Waals surface area contributed by atoms with Crippen molar-refractivity contribution in [2.24, 2.45) is 5.41 Å². The van der Waals surface area contributed by atoms with Crippen molar-refractivity contribution in [2.45, 2.75) is 45.4 Å². The number of pyridine rings is 1. The highest BCUT2D eigenvalue weighted by molar-refractivity contribution is 7.17. The van der Waals surface area contributed by atoms with E-state index in [4.69, 9.17) is 4.74 Å². The fraction of sp³-hybridized carbons (Fsp3) is 0.591. The Morgan fingerprint density at radius 3 is 2.36 bits per heavy atom. The number of hydrogen-bond acceptors (Lipinski definition) is 6. The van der Waals surface area contributed by atoms with Crippen molar-refractivity contribution in [1.29, 1.82) is 0 Å². The largest absolute Gasteiger partial charge is 0.444 e. The Labute approximate surface area is 193 Å². The third-order valence-corrected chi connectivity index (χ3v) is 7.14. The third-order valence-electron chi connectivity index (χ3n) is 6.14. The number of anilines is 1. The Bertz CT molecular complexity index is 1080. The summed E-state index contributed by atoms with van der Waals surface area (Å²) in [5.41, 5.74) is -1.16. The molecule has 0 radical (unpaired) electrons. The number of rotatable bonds is 2. The maximum absolute atomic E-state index is 13.8. The fourth-order valence-corrected chi connectivity index (χ4v) is 5.43. The topological polar surface area (TPSA) is 74.8 Å². The van der Waals surface area contributed by atoms with Gasteiger partial charge in [0.1, 0.15) is 11.4 Å². The van der Waals surface area contributed by atoms with Gasteiger partial charge in [0.2, 0.25) is 0 Å². The molecule has 1 spiro atoms. The van der Waals surface area contributed by atoms with E-state index in [0.717, 1.165) is 30.2 Å². The number of likely N-dealkylation sites (tertiary alicyclic amines) is 1. The molecule has 0 bridgehead atoms. The van der Waals surface area contributed by atoms with Gasteiger partial charge >= 0.3 is 12.3 Å². The van der Waals surface area contributed by atoms with Crippen LogP contribution in [0.3, 0.4) is 0 Å². The molecule has 4 heterocycles. The Kier molecular flexibility index (Phi) is 5.74. The van der Waals surface area contributed by atoms with Gasteiger partial charge in [0.25, 0.3) is 5.91 Å². The molecule has 2 fully saturated rings. The van der Waals surface area contributed by atoms with Crippen LogP contribution in [0.25, 0.3) is 10.2 Å². The van der Waals surface area contributed by atoms with E-state index in [-0.39, 0.29) is 33.1 Å². The normalized spacial score (nSPS) is 18.4. The monoisotopic (exact) mass is 484 g/mol. The summed E-state index contributed by atoms with van der Waals surface area (Å²) < 4.78 is 46.7. The van der Waals surface area contributed by atoms with Gasteiger partial charge in [-0.05, 0) is 39.7 Å². The first-order chi connectivity index (χ1) is 15.3. The highest BCUT2D eigenvalue weighted by Gasteiger charge is 2.48. The summed E-state index contributed by atoms with van der Waals surface area (Å²) in [5, 5.41) is 3.88. The zero-order valence-electron chi connectivity index (χ0n) is 19.0. The molecule has 1 N–H and O–H groups in total. The summed E-state index contributed by atoms with van der Waals surface area (Å²) in [6.45, 7) is 7.68. The number of ether oxygens (including phenoxy) is 1. The molecule has 180 valence electrons. The van der Waals surface area contributed by atoms with E-state index in [1.807, 2.05) is 25.7 Å². The Hall–Kier alpha value is -2.56. The summed E-state index contributed by atoms with van der Waals surface area (Å²) in [6.07, 6.45) is -3.42. The van der Waals surface area contributed by atoms with Crippen molar-refractivity contribution in [3.8, 4) is 0 Å². The van der Waals surface area contributed by atoms with E-state index in [2.05, 4.69) is 10.3 Å². The highest BCUT2D eigenvalue weighted by atomic mass is 32.1. The van der Waals surface area contributed by atoms with Crippen molar-refractivity contribution in [2.75, 3.05) is 38.1 Å². The molecule has 33 heavy (non-hydrogen) atoms. The van der Waals surface area contributed by atoms with E-state index in [9.17, 15) is 22.8 Å². The minimum atomic E-state index is -4.56. The molecule has 2 aromatic heterocycles. The first kappa shape index (κ1) is 23.6. The first-order valence-electron chi connectivity index (χ1n) is 10.8. The van der Waals surface area contributed by atoms with Crippen molar-refractivity contribution >= 4 is 39.4 Å². The number of hydrogen-bond donors (Lipinski definition) is 1. The molecule has 0 unspecified atom stereocenters. The summed E-state index contributed by atoms with van der Waals surface area (Å²) in [6, 6.07) is 1.08. The molecular weight excluding hydrogens is 457 g/mol. The number of aromatic nitrogens is 1. The molecule has 4 rings (SSSR count). The van der Waals surface area contributed by atoms with Gasteiger partial charge in [-0.15, -0.1) is 11.3 Å². The maximum Gasteiger partial charge on any atom is 0.417 e. The van der Waals surface area contributed by atoms with Crippen LogP contribution in [0.1, 0.15) is 49.5 Å². The van der Waals surface area contributed by atoms with Crippen LogP contribution in [0.4, 0.5) is 23.8 Å². The predicted molar refractivity (Wildman–Crippen MR) is 120 cm³/mol. The molecule has 2 saturated heterocycles. The van der Waals surface area contributed by atoms with Crippen LogP contribution in [0, 0.1) is 5.41 Å². The molecule has 11 heteroatoms. The average Bonchev–Trinajstić information content (AvgIpc) is 3.12. The number of nitrogens with zero attached hydrogens (tertiary/aromatic N) is 3. The number of carbonyl (C=O) groups is 2. The van der Waals surface area contributed by atoms with Gasteiger partial charge in [-0.3, -0.25) is 4.79 Å². The van der Waals surface area contributed by atoms with E-state index >= 15 is 0 Å². The number of fused-ring (bicyclic) bond motifs is 1. The number of piperidine rings is 1. The molecule has 7 nitrogen and oxygen atoms in total. The second-order valence-corrected chi connectivity index (χ2v) is 10.6. The molecule has 0 aliphatic carbocycles. The number of alkyl halides is 3. The van der Waals surface area contributed by atoms with Gasteiger partial charge < -0.3 is 19.9 Å². The Morgan fingerprint density at radius 1 is 1.18 bits per heavy atom. The third kappa shape index (κ3) is 4.60. The van der Waals surface area contributed by atoms with Crippen LogP contribution >= 0.6 is 11.3 Å². The fourth-order valence-electron chi connectivity index (χ4n) is 4.41. The summed E-state index contributed by atoms with van der Waals surface area (Å²) in [4.78, 5) is 32.4. The molecule has 2 aliphatic rings. The molecule has 2 aliphatic heterocycles. The standard InChI is InChI=1S/C22H27F3N4O3S/c1-20(2,3)32-19(31)29-11-21(12-29)5-7-28(8-6-21)15-9-14(22(23,24)25)17-16(27-15)13(10-33-17)18(30)26-4/h9-10H,5-8,11-12H2,1-4H3,(H,26,30). The average molecular weight is 485 g/mol. The lowest BCUT2D eigenvalue weighted by Crippen LogP contribution is -2.62. The van der Waals surface area contributed by atoms with Crippen molar-refractivity contribution < 1.29 is 27.5 Å². The quantitative estimate of drug-likeness (QED) is 0.679. The van der Waals surface area contributed by atoms with Crippen molar-refractivity contribution in [3.63, 3.8) is 0 Å². The Morgan fingerprint density at radius 2 is 1.82 bits per heavy atom. The second kappa shape index (κ2) is 8.03. The smallest absolute Gasteiger partial charge is 0.417 e. The number of thiophene rings is 1. The molecule has 0 atom stereocenters. The second-order valence-electron chi connectivity index (χ2n) is 9.76. The lowest BCUT2D eigenvalue weighted by Gasteiger charge is -2.53. The minimum absolute atomic E-state index is 0.0367. The SMILES string of the molecule is CNC(=O)c1csc2c(C(F)(F)F)cc(N3CCC4(CC3)CN(C(=O)OC(C)(C)C)C4)nc12. The molecule has 2 aromatic rings. The highest BCUT2D eigenvalue weighted by Crippen LogP contribution is 2.44. The van der Waals surface area contributed by atoms with Gasteiger partial charge in [0.05, 0.1) is 21.3 Å². The summed E-state index contributed by atoms with van der Waals surface area (Å²) >= 11 is 0.874. The summed E-state index contributed by atoms with van der Waals surface area (Å²) in [7, 11) is 1.43. The van der Waals surface area contributed by atoms with Gasteiger partial charge in [-0.2, -0.15) is 13.2 Å². The molecular formula is C22H27F3N4O3S.